The van der Waals surface area contributed by atoms with Crippen molar-refractivity contribution < 1.29 is 28.6 Å². The maximum absolute atomic E-state index is 12.7. The van der Waals surface area contributed by atoms with Crippen molar-refractivity contribution in [2.75, 3.05) is 25.1 Å². The molecule has 0 radical (unpaired) electrons. The van der Waals surface area contributed by atoms with Crippen LogP contribution in [0, 0.1) is 0 Å². The van der Waals surface area contributed by atoms with Crippen LogP contribution >= 0.6 is 0 Å². The third-order valence-corrected chi connectivity index (χ3v) is 4.12. The summed E-state index contributed by atoms with van der Waals surface area (Å²) in [5.74, 6) is -1.48. The van der Waals surface area contributed by atoms with Crippen LogP contribution in [-0.2, 0) is 14.3 Å². The topological polar surface area (TPSA) is 98.0 Å². The molecule has 1 saturated heterocycles. The van der Waals surface area contributed by atoms with Gasteiger partial charge < -0.3 is 24.3 Å². The van der Waals surface area contributed by atoms with Gasteiger partial charge in [-0.15, -0.1) is 0 Å². The summed E-state index contributed by atoms with van der Waals surface area (Å²) in [5.41, 5.74) is 0.136. The quantitative estimate of drug-likeness (QED) is 0.873. The Morgan fingerprint density at radius 2 is 2.04 bits per heavy atom. The van der Waals surface area contributed by atoms with Gasteiger partial charge in [-0.1, -0.05) is 0 Å². The zero-order valence-corrected chi connectivity index (χ0v) is 13.3. The van der Waals surface area contributed by atoms with Crippen molar-refractivity contribution in [1.29, 1.82) is 0 Å². The Kier molecular flexibility index (Phi) is 4.55. The lowest BCUT2D eigenvalue weighted by Crippen LogP contribution is -2.49. The molecule has 1 fully saturated rings. The standard InChI is InChI=1S/C17H19NO6/c1-2-23-17(5-7-22-8-6-17)16(21)18-12-3-4-13-11(9-12)10-14(24-13)15(19)20/h3-4,9-10H,2,5-8H2,1H3,(H,18,21)(H,19,20). The molecule has 2 N–H and O–H groups in total. The van der Waals surface area contributed by atoms with Crippen LogP contribution in [0.3, 0.4) is 0 Å². The van der Waals surface area contributed by atoms with Crippen molar-refractivity contribution in [1.82, 2.24) is 0 Å². The fourth-order valence-corrected chi connectivity index (χ4v) is 2.89. The van der Waals surface area contributed by atoms with Crippen LogP contribution in [0.5, 0.6) is 0 Å². The van der Waals surface area contributed by atoms with Crippen molar-refractivity contribution in [2.45, 2.75) is 25.4 Å². The Morgan fingerprint density at radius 1 is 1.29 bits per heavy atom. The fraction of sp³-hybridized carbons (Fsp3) is 0.412. The van der Waals surface area contributed by atoms with Crippen LogP contribution in [0.15, 0.2) is 28.7 Å². The van der Waals surface area contributed by atoms with Crippen molar-refractivity contribution in [3.63, 3.8) is 0 Å². The smallest absolute Gasteiger partial charge is 0.371 e. The molecule has 7 nitrogen and oxygen atoms in total. The van der Waals surface area contributed by atoms with Crippen LogP contribution in [0.1, 0.15) is 30.3 Å². The van der Waals surface area contributed by atoms with E-state index in [0.29, 0.717) is 49.3 Å². The van der Waals surface area contributed by atoms with E-state index in [2.05, 4.69) is 5.32 Å². The highest BCUT2D eigenvalue weighted by atomic mass is 16.5. The number of rotatable bonds is 5. The van der Waals surface area contributed by atoms with Crippen LogP contribution < -0.4 is 5.32 Å². The van der Waals surface area contributed by atoms with E-state index < -0.39 is 11.6 Å². The van der Waals surface area contributed by atoms with E-state index in [1.165, 1.54) is 6.07 Å². The number of hydrogen-bond donors (Lipinski definition) is 2. The number of carbonyl (C=O) groups is 2. The van der Waals surface area contributed by atoms with Gasteiger partial charge in [-0.2, -0.15) is 0 Å². The largest absolute Gasteiger partial charge is 0.475 e. The molecule has 1 amide bonds. The number of anilines is 1. The summed E-state index contributed by atoms with van der Waals surface area (Å²) < 4.78 is 16.3. The first-order valence-electron chi connectivity index (χ1n) is 7.84. The van der Waals surface area contributed by atoms with Gasteiger partial charge >= 0.3 is 5.97 Å². The molecule has 3 rings (SSSR count). The first-order valence-corrected chi connectivity index (χ1v) is 7.84. The second-order valence-corrected chi connectivity index (χ2v) is 5.66. The van der Waals surface area contributed by atoms with Crippen LogP contribution in [0.2, 0.25) is 0 Å². The van der Waals surface area contributed by atoms with Gasteiger partial charge in [-0.3, -0.25) is 4.79 Å². The summed E-state index contributed by atoms with van der Waals surface area (Å²) in [6.07, 6.45) is 1.01. The molecule has 1 aromatic heterocycles. The lowest BCUT2D eigenvalue weighted by atomic mass is 9.92. The number of hydrogen-bond acceptors (Lipinski definition) is 5. The Labute approximate surface area is 138 Å². The first kappa shape index (κ1) is 16.5. The van der Waals surface area contributed by atoms with E-state index in [1.807, 2.05) is 6.92 Å². The van der Waals surface area contributed by atoms with Gasteiger partial charge in [0.05, 0.1) is 0 Å². The Morgan fingerprint density at radius 3 is 2.71 bits per heavy atom. The number of carboxylic acid groups (broad SMARTS) is 1. The molecule has 1 aromatic carbocycles. The number of aromatic carboxylic acids is 1. The number of amides is 1. The molecule has 128 valence electrons. The molecule has 0 bridgehead atoms. The van der Waals surface area contributed by atoms with Gasteiger partial charge in [0.25, 0.3) is 5.91 Å². The Hall–Kier alpha value is -2.38. The summed E-state index contributed by atoms with van der Waals surface area (Å²) in [7, 11) is 0. The summed E-state index contributed by atoms with van der Waals surface area (Å²) >= 11 is 0. The highest BCUT2D eigenvalue weighted by Gasteiger charge is 2.41. The number of carbonyl (C=O) groups excluding carboxylic acids is 1. The van der Waals surface area contributed by atoms with E-state index in [-0.39, 0.29) is 11.7 Å². The fourth-order valence-electron chi connectivity index (χ4n) is 2.89. The third-order valence-electron chi connectivity index (χ3n) is 4.12. The number of benzene rings is 1. The van der Waals surface area contributed by atoms with E-state index in [1.54, 1.807) is 18.2 Å². The average molecular weight is 333 g/mol. The van der Waals surface area contributed by atoms with Gasteiger partial charge in [-0.05, 0) is 31.2 Å². The van der Waals surface area contributed by atoms with Crippen molar-refractivity contribution in [3.05, 3.63) is 30.0 Å². The predicted octanol–water partition coefficient (Wildman–Crippen LogP) is 2.66. The molecule has 2 aromatic rings. The molecule has 24 heavy (non-hydrogen) atoms. The summed E-state index contributed by atoms with van der Waals surface area (Å²) in [5, 5.41) is 12.4. The summed E-state index contributed by atoms with van der Waals surface area (Å²) in [4.78, 5) is 23.7. The maximum Gasteiger partial charge on any atom is 0.371 e. The maximum atomic E-state index is 12.7. The van der Waals surface area contributed by atoms with Gasteiger partial charge in [0.2, 0.25) is 5.76 Å². The van der Waals surface area contributed by atoms with Crippen molar-refractivity contribution in [3.8, 4) is 0 Å². The molecule has 0 spiro atoms. The molecular weight excluding hydrogens is 314 g/mol. The second-order valence-electron chi connectivity index (χ2n) is 5.66. The first-order chi connectivity index (χ1) is 11.5. The zero-order chi connectivity index (χ0) is 17.2. The molecular formula is C17H19NO6. The van der Waals surface area contributed by atoms with E-state index >= 15 is 0 Å². The van der Waals surface area contributed by atoms with E-state index in [0.717, 1.165) is 0 Å². The molecule has 0 saturated carbocycles. The lowest BCUT2D eigenvalue weighted by molar-refractivity contribution is -0.154. The van der Waals surface area contributed by atoms with Gasteiger partial charge in [0.15, 0.2) is 5.60 Å². The predicted molar refractivity (Wildman–Crippen MR) is 86.2 cm³/mol. The number of nitrogens with one attached hydrogen (secondary N) is 1. The highest BCUT2D eigenvalue weighted by molar-refractivity contribution is 5.99. The summed E-state index contributed by atoms with van der Waals surface area (Å²) in [6, 6.07) is 6.42. The molecule has 7 heteroatoms. The highest BCUT2D eigenvalue weighted by Crippen LogP contribution is 2.28. The number of fused-ring (bicyclic) bond motifs is 1. The summed E-state index contributed by atoms with van der Waals surface area (Å²) in [6.45, 7) is 3.26. The molecule has 0 atom stereocenters. The average Bonchev–Trinajstić information content (AvgIpc) is 2.99. The second kappa shape index (κ2) is 6.62. The lowest BCUT2D eigenvalue weighted by Gasteiger charge is -2.35. The number of furan rings is 1. The zero-order valence-electron chi connectivity index (χ0n) is 13.3. The Bertz CT molecular complexity index is 754. The minimum absolute atomic E-state index is 0.135. The normalized spacial score (nSPS) is 16.9. The van der Waals surface area contributed by atoms with E-state index in [4.69, 9.17) is 19.0 Å². The molecule has 0 aliphatic carbocycles. The van der Waals surface area contributed by atoms with E-state index in [9.17, 15) is 9.59 Å². The SMILES string of the molecule is CCOC1(C(=O)Nc2ccc3oc(C(=O)O)cc3c2)CCOCC1. The van der Waals surface area contributed by atoms with Gasteiger partial charge in [0.1, 0.15) is 5.58 Å². The molecule has 0 unspecified atom stereocenters. The molecule has 1 aliphatic heterocycles. The number of ether oxygens (including phenoxy) is 2. The van der Waals surface area contributed by atoms with Crippen LogP contribution in [-0.4, -0.2) is 42.4 Å². The Balaban J connectivity index is 1.82. The van der Waals surface area contributed by atoms with Crippen molar-refractivity contribution in [2.24, 2.45) is 0 Å². The molecule has 2 heterocycles. The minimum Gasteiger partial charge on any atom is -0.475 e. The van der Waals surface area contributed by atoms with Crippen LogP contribution in [0.25, 0.3) is 11.0 Å². The number of carboxylic acids is 1. The van der Waals surface area contributed by atoms with Gasteiger partial charge in [-0.25, -0.2) is 4.79 Å². The van der Waals surface area contributed by atoms with Gasteiger partial charge in [0, 0.05) is 43.7 Å². The van der Waals surface area contributed by atoms with Crippen molar-refractivity contribution >= 4 is 28.5 Å². The monoisotopic (exact) mass is 333 g/mol. The third kappa shape index (κ3) is 3.13. The minimum atomic E-state index is -1.13. The van der Waals surface area contributed by atoms with Crippen LogP contribution in [0.4, 0.5) is 5.69 Å². The molecule has 1 aliphatic rings.